The molecule has 33 heavy (non-hydrogen) atoms. The van der Waals surface area contributed by atoms with Crippen molar-refractivity contribution in [3.8, 4) is 23.8 Å². The standard InChI is InChI=1S/C22H16ClN3O7/c1-3-9-33-19-17(23)11-13(12-18(19)32-4-2)10-16-20(27)24-22(29)25(21(16)28)14-5-7-15(8-6-14)26(30)31/h1,5-8,10-12H,4,9H2,2H3,(H,24,27,29)/b16-10+. The third-order valence-electron chi connectivity index (χ3n) is 4.36. The van der Waals surface area contributed by atoms with Gasteiger partial charge in [0.1, 0.15) is 12.2 Å². The lowest BCUT2D eigenvalue weighted by molar-refractivity contribution is -0.384. The van der Waals surface area contributed by atoms with Crippen molar-refractivity contribution >= 4 is 46.9 Å². The number of terminal acetylenes is 1. The van der Waals surface area contributed by atoms with Crippen LogP contribution >= 0.6 is 11.6 Å². The van der Waals surface area contributed by atoms with Gasteiger partial charge < -0.3 is 9.47 Å². The summed E-state index contributed by atoms with van der Waals surface area (Å²) >= 11 is 6.28. The fourth-order valence-electron chi connectivity index (χ4n) is 2.97. The monoisotopic (exact) mass is 469 g/mol. The smallest absolute Gasteiger partial charge is 0.335 e. The first-order valence-electron chi connectivity index (χ1n) is 9.45. The second kappa shape index (κ2) is 9.84. The minimum absolute atomic E-state index is 0.0482. The number of carbonyl (C=O) groups is 3. The van der Waals surface area contributed by atoms with E-state index in [0.717, 1.165) is 12.1 Å². The number of nitro benzene ring substituents is 1. The van der Waals surface area contributed by atoms with Crippen molar-refractivity contribution < 1.29 is 28.8 Å². The van der Waals surface area contributed by atoms with Gasteiger partial charge in [0.25, 0.3) is 17.5 Å². The maximum absolute atomic E-state index is 13.0. The lowest BCUT2D eigenvalue weighted by atomic mass is 10.1. The number of imide groups is 2. The summed E-state index contributed by atoms with van der Waals surface area (Å²) in [7, 11) is 0. The molecule has 0 spiro atoms. The first-order chi connectivity index (χ1) is 15.8. The molecular weight excluding hydrogens is 454 g/mol. The molecule has 2 aromatic carbocycles. The number of nitrogens with one attached hydrogen (secondary N) is 1. The molecule has 1 heterocycles. The molecule has 1 aliphatic rings. The zero-order valence-electron chi connectivity index (χ0n) is 17.2. The zero-order chi connectivity index (χ0) is 24.1. The van der Waals surface area contributed by atoms with Crippen LogP contribution in [0.1, 0.15) is 12.5 Å². The van der Waals surface area contributed by atoms with Crippen LogP contribution in [0.3, 0.4) is 0 Å². The number of benzene rings is 2. The molecule has 10 nitrogen and oxygen atoms in total. The molecular formula is C22H16ClN3O7. The summed E-state index contributed by atoms with van der Waals surface area (Å²) in [6.45, 7) is 1.98. The largest absolute Gasteiger partial charge is 0.490 e. The van der Waals surface area contributed by atoms with E-state index in [1.807, 2.05) is 0 Å². The van der Waals surface area contributed by atoms with Gasteiger partial charge in [-0.1, -0.05) is 17.5 Å². The molecule has 0 bridgehead atoms. The Morgan fingerprint density at radius 3 is 2.52 bits per heavy atom. The Morgan fingerprint density at radius 2 is 1.91 bits per heavy atom. The number of anilines is 1. The number of rotatable bonds is 7. The number of halogens is 1. The number of ether oxygens (including phenoxy) is 2. The maximum Gasteiger partial charge on any atom is 0.335 e. The SMILES string of the molecule is C#CCOc1c(Cl)cc(/C=C2\C(=O)NC(=O)N(c3ccc([N+](=O)[O-])cc3)C2=O)cc1OCC. The van der Waals surface area contributed by atoms with Gasteiger partial charge in [-0.15, -0.1) is 6.42 Å². The van der Waals surface area contributed by atoms with Crippen LogP contribution in [0.2, 0.25) is 5.02 Å². The van der Waals surface area contributed by atoms with E-state index in [1.165, 1.54) is 30.3 Å². The normalized spacial score (nSPS) is 14.6. The molecule has 3 rings (SSSR count). The number of barbiturate groups is 1. The fourth-order valence-corrected chi connectivity index (χ4v) is 3.24. The van der Waals surface area contributed by atoms with Gasteiger partial charge >= 0.3 is 6.03 Å². The number of hydrogen-bond donors (Lipinski definition) is 1. The zero-order valence-corrected chi connectivity index (χ0v) is 17.9. The van der Waals surface area contributed by atoms with E-state index >= 15 is 0 Å². The van der Waals surface area contributed by atoms with Gasteiger partial charge in [0.15, 0.2) is 11.5 Å². The number of carbonyl (C=O) groups excluding carboxylic acids is 3. The maximum atomic E-state index is 13.0. The van der Waals surface area contributed by atoms with Crippen LogP contribution in [-0.4, -0.2) is 36.0 Å². The van der Waals surface area contributed by atoms with Crippen molar-refractivity contribution in [2.45, 2.75) is 6.92 Å². The molecule has 0 radical (unpaired) electrons. The average Bonchev–Trinajstić information content (AvgIpc) is 2.76. The van der Waals surface area contributed by atoms with E-state index < -0.39 is 22.8 Å². The first-order valence-corrected chi connectivity index (χ1v) is 9.83. The molecule has 0 aliphatic carbocycles. The van der Waals surface area contributed by atoms with Crippen LogP contribution in [0.5, 0.6) is 11.5 Å². The highest BCUT2D eigenvalue weighted by Gasteiger charge is 2.37. The van der Waals surface area contributed by atoms with Crippen LogP contribution in [0, 0.1) is 22.5 Å². The molecule has 1 N–H and O–H groups in total. The molecule has 0 atom stereocenters. The highest BCUT2D eigenvalue weighted by molar-refractivity contribution is 6.39. The van der Waals surface area contributed by atoms with Crippen LogP contribution in [0.15, 0.2) is 42.0 Å². The fraction of sp³-hybridized carbons (Fsp3) is 0.136. The molecule has 1 aliphatic heterocycles. The second-order valence-electron chi connectivity index (χ2n) is 6.49. The van der Waals surface area contributed by atoms with Gasteiger partial charge in [-0.25, -0.2) is 9.69 Å². The minimum Gasteiger partial charge on any atom is -0.490 e. The van der Waals surface area contributed by atoms with Crippen molar-refractivity contribution in [1.82, 2.24) is 5.32 Å². The summed E-state index contributed by atoms with van der Waals surface area (Å²) in [5, 5.41) is 13.1. The van der Waals surface area contributed by atoms with Crippen LogP contribution < -0.4 is 19.7 Å². The first kappa shape index (κ1) is 23.3. The van der Waals surface area contributed by atoms with E-state index in [-0.39, 0.29) is 46.7 Å². The second-order valence-corrected chi connectivity index (χ2v) is 6.89. The van der Waals surface area contributed by atoms with Crippen LogP contribution in [0.25, 0.3) is 6.08 Å². The van der Waals surface area contributed by atoms with Crippen molar-refractivity contribution in [3.05, 3.63) is 62.7 Å². The molecule has 1 fully saturated rings. The topological polar surface area (TPSA) is 128 Å². The van der Waals surface area contributed by atoms with E-state index in [9.17, 15) is 24.5 Å². The summed E-state index contributed by atoms with van der Waals surface area (Å²) in [6, 6.07) is 6.69. The summed E-state index contributed by atoms with van der Waals surface area (Å²) in [5.74, 6) is 0.947. The molecule has 168 valence electrons. The van der Waals surface area contributed by atoms with Crippen molar-refractivity contribution in [2.75, 3.05) is 18.1 Å². The lowest BCUT2D eigenvalue weighted by Gasteiger charge is -2.26. The predicted octanol–water partition coefficient (Wildman–Crippen LogP) is 3.33. The Balaban J connectivity index is 2.00. The third kappa shape index (κ3) is 4.94. The van der Waals surface area contributed by atoms with E-state index in [1.54, 1.807) is 6.92 Å². The van der Waals surface area contributed by atoms with Gasteiger partial charge in [0.05, 0.1) is 22.2 Å². The van der Waals surface area contributed by atoms with E-state index in [0.29, 0.717) is 10.5 Å². The van der Waals surface area contributed by atoms with Crippen molar-refractivity contribution in [2.24, 2.45) is 0 Å². The number of nitro groups is 1. The quantitative estimate of drug-likeness (QED) is 0.216. The average molecular weight is 470 g/mol. The summed E-state index contributed by atoms with van der Waals surface area (Å²) in [4.78, 5) is 48.6. The van der Waals surface area contributed by atoms with Gasteiger partial charge in [-0.2, -0.15) is 0 Å². The molecule has 2 aromatic rings. The van der Waals surface area contributed by atoms with Gasteiger partial charge in [-0.05, 0) is 42.8 Å². The van der Waals surface area contributed by atoms with E-state index in [2.05, 4.69) is 11.2 Å². The number of amides is 4. The molecule has 1 saturated heterocycles. The van der Waals surface area contributed by atoms with Crippen molar-refractivity contribution in [3.63, 3.8) is 0 Å². The third-order valence-corrected chi connectivity index (χ3v) is 4.64. The Morgan fingerprint density at radius 1 is 1.21 bits per heavy atom. The Kier molecular flexibility index (Phi) is 6.95. The van der Waals surface area contributed by atoms with Crippen LogP contribution in [0.4, 0.5) is 16.2 Å². The highest BCUT2D eigenvalue weighted by atomic mass is 35.5. The Bertz CT molecular complexity index is 1220. The number of non-ortho nitro benzene ring substituents is 1. The molecule has 11 heteroatoms. The molecule has 0 unspecified atom stereocenters. The number of urea groups is 1. The van der Waals surface area contributed by atoms with Gasteiger partial charge in [-0.3, -0.25) is 25.0 Å². The Labute approximate surface area is 192 Å². The number of nitrogens with zero attached hydrogens (tertiary/aromatic N) is 2. The van der Waals surface area contributed by atoms with Crippen LogP contribution in [-0.2, 0) is 9.59 Å². The van der Waals surface area contributed by atoms with Gasteiger partial charge in [0.2, 0.25) is 0 Å². The molecule has 4 amide bonds. The predicted molar refractivity (Wildman–Crippen MR) is 119 cm³/mol. The Hall–Kier alpha value is -4.36. The van der Waals surface area contributed by atoms with Crippen molar-refractivity contribution in [1.29, 1.82) is 0 Å². The minimum atomic E-state index is -0.984. The number of hydrogen-bond acceptors (Lipinski definition) is 7. The summed E-state index contributed by atoms with van der Waals surface area (Å²) in [5.41, 5.74) is -0.204. The summed E-state index contributed by atoms with van der Waals surface area (Å²) < 4.78 is 10.9. The highest BCUT2D eigenvalue weighted by Crippen LogP contribution is 2.37. The summed E-state index contributed by atoms with van der Waals surface area (Å²) in [6.07, 6.45) is 6.45. The molecule has 0 aromatic heterocycles. The van der Waals surface area contributed by atoms with E-state index in [4.69, 9.17) is 27.5 Å². The molecule has 0 saturated carbocycles. The lowest BCUT2D eigenvalue weighted by Crippen LogP contribution is -2.54. The van der Waals surface area contributed by atoms with Gasteiger partial charge in [0, 0.05) is 12.1 Å².